The largest absolute Gasteiger partial charge is 0.483 e. The van der Waals surface area contributed by atoms with E-state index in [1.165, 1.54) is 0 Å². The van der Waals surface area contributed by atoms with Gasteiger partial charge < -0.3 is 5.11 Å². The van der Waals surface area contributed by atoms with E-state index in [0.29, 0.717) is 0 Å². The summed E-state index contributed by atoms with van der Waals surface area (Å²) in [6.07, 6.45) is 1.73. The van der Waals surface area contributed by atoms with Crippen LogP contribution in [0.3, 0.4) is 0 Å². The number of hydrogen-bond acceptors (Lipinski definition) is 2. The van der Waals surface area contributed by atoms with E-state index < -0.39 is 0 Å². The summed E-state index contributed by atoms with van der Waals surface area (Å²) in [5.74, 6) is 0. The van der Waals surface area contributed by atoms with E-state index in [-0.39, 0.29) is 6.47 Å². The lowest BCUT2D eigenvalue weighted by molar-refractivity contribution is -0.122. The van der Waals surface area contributed by atoms with Crippen LogP contribution in [-0.2, 0) is 4.79 Å². The molecule has 4 heteroatoms. The molecule has 1 heterocycles. The minimum absolute atomic E-state index is 0.250. The number of rotatable bonds is 0. The molecule has 1 aromatic rings. The van der Waals surface area contributed by atoms with Gasteiger partial charge in [-0.2, -0.15) is 0 Å². The van der Waals surface area contributed by atoms with Crippen LogP contribution in [0.25, 0.3) is 0 Å². The van der Waals surface area contributed by atoms with Gasteiger partial charge in [0, 0.05) is 11.9 Å². The molecule has 0 aromatic carbocycles. The average molecular weight is 149 g/mol. The highest BCUT2D eigenvalue weighted by molar-refractivity contribution is 6.32. The fraction of sp³-hybridized carbons (Fsp3) is 0.143. The summed E-state index contributed by atoms with van der Waals surface area (Å²) < 4.78 is 0. The van der Waals surface area contributed by atoms with Crippen molar-refractivity contribution < 1.29 is 9.90 Å². The zero-order valence-corrected chi connectivity index (χ0v) is 6.19. The first kappa shape index (κ1) is 9.68. The van der Waals surface area contributed by atoms with Crippen molar-refractivity contribution in [3.63, 3.8) is 0 Å². The van der Waals surface area contributed by atoms with Gasteiger partial charge in [-0.1, -0.05) is 11.5 Å². The van der Waals surface area contributed by atoms with Crippen LogP contribution in [-0.4, -0.2) is 24.4 Å². The van der Waals surface area contributed by atoms with Crippen LogP contribution in [0.4, 0.5) is 0 Å². The Balaban J connectivity index is 0.000000292. The Labute approximate surface area is 66.5 Å². The predicted molar refractivity (Wildman–Crippen MR) is 43.1 cm³/mol. The van der Waals surface area contributed by atoms with Crippen molar-refractivity contribution in [1.82, 2.24) is 4.98 Å². The molecule has 0 spiro atoms. The van der Waals surface area contributed by atoms with Crippen molar-refractivity contribution in [3.8, 4) is 0 Å². The lowest BCUT2D eigenvalue weighted by atomic mass is 9.95. The summed E-state index contributed by atoms with van der Waals surface area (Å²) in [5.41, 5.74) is 1.65. The number of carboxylic acid groups (broad SMARTS) is 1. The van der Waals surface area contributed by atoms with Gasteiger partial charge in [-0.15, -0.1) is 0 Å². The average Bonchev–Trinajstić information content (AvgIpc) is 1.97. The van der Waals surface area contributed by atoms with E-state index >= 15 is 0 Å². The monoisotopic (exact) mass is 149 g/mol. The van der Waals surface area contributed by atoms with Crippen LogP contribution in [0, 0.1) is 6.92 Å². The second-order valence-electron chi connectivity index (χ2n) is 1.78. The molecule has 0 amide bonds. The lowest BCUT2D eigenvalue weighted by Crippen LogP contribution is -2.07. The van der Waals surface area contributed by atoms with Crippen molar-refractivity contribution >= 4 is 19.8 Å². The van der Waals surface area contributed by atoms with Crippen molar-refractivity contribution in [3.05, 3.63) is 24.0 Å². The first-order valence-corrected chi connectivity index (χ1v) is 2.97. The maximum Gasteiger partial charge on any atom is 0.290 e. The molecule has 0 aliphatic heterocycles. The number of carbonyl (C=O) groups is 1. The standard InChI is InChI=1S/C6H6BN.CH2O2/c1-5-6(7)3-2-4-8-5;2-1-3/h2-4H,1H3;1H,(H,2,3). The zero-order valence-electron chi connectivity index (χ0n) is 6.19. The van der Waals surface area contributed by atoms with Crippen molar-refractivity contribution in [2.45, 2.75) is 6.92 Å². The molecule has 0 bridgehead atoms. The summed E-state index contributed by atoms with van der Waals surface area (Å²) in [6.45, 7) is 1.63. The highest BCUT2D eigenvalue weighted by Crippen LogP contribution is 1.81. The third kappa shape index (κ3) is 4.14. The Morgan fingerprint density at radius 1 is 1.73 bits per heavy atom. The lowest BCUT2D eigenvalue weighted by Gasteiger charge is -1.92. The minimum atomic E-state index is -0.250. The number of nitrogens with zero attached hydrogens (tertiary/aromatic N) is 1. The SMILES string of the molecule is O=CO.[B]c1cccnc1C. The fourth-order valence-electron chi connectivity index (χ4n) is 0.497. The van der Waals surface area contributed by atoms with Crippen molar-refractivity contribution in [1.29, 1.82) is 0 Å². The zero-order chi connectivity index (χ0) is 8.69. The molecular formula is C7H8BNO2. The molecule has 0 unspecified atom stereocenters. The third-order valence-corrected chi connectivity index (χ3v) is 1.05. The number of aromatic nitrogens is 1. The maximum atomic E-state index is 8.36. The summed E-state index contributed by atoms with van der Waals surface area (Å²) in [7, 11) is 5.46. The molecule has 0 saturated heterocycles. The first-order valence-electron chi connectivity index (χ1n) is 2.97. The van der Waals surface area contributed by atoms with E-state index in [0.717, 1.165) is 11.2 Å². The minimum Gasteiger partial charge on any atom is -0.483 e. The molecule has 1 aromatic heterocycles. The highest BCUT2D eigenvalue weighted by Gasteiger charge is 1.85. The van der Waals surface area contributed by atoms with Gasteiger partial charge in [-0.05, 0) is 13.0 Å². The number of hydrogen-bond donors (Lipinski definition) is 1. The quantitative estimate of drug-likeness (QED) is 0.413. The second-order valence-corrected chi connectivity index (χ2v) is 1.78. The van der Waals surface area contributed by atoms with Gasteiger partial charge >= 0.3 is 0 Å². The molecule has 3 nitrogen and oxygen atoms in total. The Kier molecular flexibility index (Phi) is 4.81. The molecule has 11 heavy (non-hydrogen) atoms. The van der Waals surface area contributed by atoms with Crippen LogP contribution in [0.15, 0.2) is 18.3 Å². The Morgan fingerprint density at radius 3 is 2.55 bits per heavy atom. The van der Waals surface area contributed by atoms with E-state index in [2.05, 4.69) is 4.98 Å². The van der Waals surface area contributed by atoms with Gasteiger partial charge in [0.15, 0.2) is 0 Å². The molecule has 2 radical (unpaired) electrons. The molecule has 0 saturated carbocycles. The van der Waals surface area contributed by atoms with E-state index in [1.54, 1.807) is 6.20 Å². The highest BCUT2D eigenvalue weighted by atomic mass is 16.3. The van der Waals surface area contributed by atoms with Gasteiger partial charge in [-0.3, -0.25) is 9.78 Å². The Bertz CT molecular complexity index is 206. The van der Waals surface area contributed by atoms with Crippen LogP contribution in [0.1, 0.15) is 5.69 Å². The molecule has 56 valence electrons. The topological polar surface area (TPSA) is 50.2 Å². The summed E-state index contributed by atoms with van der Waals surface area (Å²) in [5, 5.41) is 6.89. The maximum absolute atomic E-state index is 8.36. The van der Waals surface area contributed by atoms with Crippen LogP contribution < -0.4 is 5.46 Å². The number of pyridine rings is 1. The summed E-state index contributed by atoms with van der Waals surface area (Å²) >= 11 is 0. The molecular weight excluding hydrogens is 141 g/mol. The van der Waals surface area contributed by atoms with Gasteiger partial charge in [0.1, 0.15) is 7.85 Å². The molecule has 0 aliphatic rings. The third-order valence-electron chi connectivity index (χ3n) is 1.05. The smallest absolute Gasteiger partial charge is 0.290 e. The van der Waals surface area contributed by atoms with E-state index in [4.69, 9.17) is 17.7 Å². The molecule has 0 atom stereocenters. The molecule has 0 aliphatic carbocycles. The van der Waals surface area contributed by atoms with Crippen molar-refractivity contribution in [2.75, 3.05) is 0 Å². The van der Waals surface area contributed by atoms with E-state index in [9.17, 15) is 0 Å². The molecule has 1 N–H and O–H groups in total. The van der Waals surface area contributed by atoms with Gasteiger partial charge in [0.05, 0.1) is 0 Å². The Morgan fingerprint density at radius 2 is 2.27 bits per heavy atom. The first-order chi connectivity index (χ1) is 5.22. The fourth-order valence-corrected chi connectivity index (χ4v) is 0.497. The van der Waals surface area contributed by atoms with Crippen molar-refractivity contribution in [2.24, 2.45) is 0 Å². The van der Waals surface area contributed by atoms with Crippen LogP contribution in [0.2, 0.25) is 0 Å². The summed E-state index contributed by atoms with van der Waals surface area (Å²) in [4.78, 5) is 12.3. The van der Waals surface area contributed by atoms with Crippen LogP contribution >= 0.6 is 0 Å². The molecule has 1 rings (SSSR count). The second kappa shape index (κ2) is 5.47. The number of aryl methyl sites for hydroxylation is 1. The van der Waals surface area contributed by atoms with E-state index in [1.807, 2.05) is 19.1 Å². The molecule has 0 fully saturated rings. The van der Waals surface area contributed by atoms with Gasteiger partial charge in [0.2, 0.25) is 0 Å². The van der Waals surface area contributed by atoms with Gasteiger partial charge in [-0.25, -0.2) is 0 Å². The Hall–Kier alpha value is -1.32. The van der Waals surface area contributed by atoms with Gasteiger partial charge in [0.25, 0.3) is 6.47 Å². The normalized spacial score (nSPS) is 7.73. The summed E-state index contributed by atoms with van der Waals surface area (Å²) in [6, 6.07) is 3.66. The van der Waals surface area contributed by atoms with Crippen LogP contribution in [0.5, 0.6) is 0 Å². The predicted octanol–water partition coefficient (Wildman–Crippen LogP) is -0.115.